The molecule has 0 aliphatic heterocycles. The monoisotopic (exact) mass is 153 g/mol. The van der Waals surface area contributed by atoms with Crippen molar-refractivity contribution < 1.29 is 4.74 Å². The first-order chi connectivity index (χ1) is 3.91. The van der Waals surface area contributed by atoms with Crippen molar-refractivity contribution in [3.05, 3.63) is 0 Å². The summed E-state index contributed by atoms with van der Waals surface area (Å²) in [6, 6.07) is 0. The summed E-state index contributed by atoms with van der Waals surface area (Å²) in [5, 5.41) is 3.16. The Morgan fingerprint density at radius 1 is 1.33 bits per heavy atom. The molecule has 0 aliphatic carbocycles. The summed E-state index contributed by atoms with van der Waals surface area (Å²) in [5.41, 5.74) is 0. The molecule has 0 aromatic rings. The number of rotatable bonds is 5. The lowest BCUT2D eigenvalue weighted by molar-refractivity contribution is 0.149. The van der Waals surface area contributed by atoms with Gasteiger partial charge in [-0.15, -0.1) is 12.4 Å². The molecule has 58 valence electrons. The summed E-state index contributed by atoms with van der Waals surface area (Å²) >= 11 is 0. The Balaban J connectivity index is 0. The van der Waals surface area contributed by atoms with E-state index in [2.05, 4.69) is 12.2 Å². The SMILES string of the molecule is CCNCCOCC.Cl. The molecule has 3 heteroatoms. The maximum absolute atomic E-state index is 5.07. The maximum atomic E-state index is 5.07. The molecule has 0 amide bonds. The third-order valence-electron chi connectivity index (χ3n) is 0.877. The number of hydrogen-bond donors (Lipinski definition) is 1. The van der Waals surface area contributed by atoms with E-state index in [4.69, 9.17) is 4.74 Å². The molecule has 0 aromatic heterocycles. The molecular weight excluding hydrogens is 138 g/mol. The van der Waals surface area contributed by atoms with Gasteiger partial charge in [0.2, 0.25) is 0 Å². The molecule has 0 rings (SSSR count). The van der Waals surface area contributed by atoms with Gasteiger partial charge in [-0.25, -0.2) is 0 Å². The van der Waals surface area contributed by atoms with E-state index in [1.54, 1.807) is 0 Å². The quantitative estimate of drug-likeness (QED) is 0.597. The highest BCUT2D eigenvalue weighted by Crippen LogP contribution is 1.68. The molecule has 0 saturated carbocycles. The molecule has 9 heavy (non-hydrogen) atoms. The van der Waals surface area contributed by atoms with Crippen LogP contribution in [0.25, 0.3) is 0 Å². The summed E-state index contributed by atoms with van der Waals surface area (Å²) in [4.78, 5) is 0. The second-order valence-electron chi connectivity index (χ2n) is 1.55. The second kappa shape index (κ2) is 11.1. The van der Waals surface area contributed by atoms with Crippen LogP contribution in [0.1, 0.15) is 13.8 Å². The van der Waals surface area contributed by atoms with E-state index in [1.807, 2.05) is 6.92 Å². The van der Waals surface area contributed by atoms with Crippen LogP contribution in [0.3, 0.4) is 0 Å². The lowest BCUT2D eigenvalue weighted by atomic mass is 10.6. The first-order valence-corrected chi connectivity index (χ1v) is 3.20. The largest absolute Gasteiger partial charge is 0.380 e. The smallest absolute Gasteiger partial charge is 0.0590 e. The molecule has 0 atom stereocenters. The van der Waals surface area contributed by atoms with Crippen LogP contribution in [0, 0.1) is 0 Å². The summed E-state index contributed by atoms with van der Waals surface area (Å²) in [6.07, 6.45) is 0. The third kappa shape index (κ3) is 11.7. The zero-order valence-electron chi connectivity index (χ0n) is 6.14. The fraction of sp³-hybridized carbons (Fsp3) is 1.00. The van der Waals surface area contributed by atoms with Crippen molar-refractivity contribution in [3.63, 3.8) is 0 Å². The number of hydrogen-bond acceptors (Lipinski definition) is 2. The fourth-order valence-corrected chi connectivity index (χ4v) is 0.465. The molecule has 0 heterocycles. The minimum absolute atomic E-state index is 0. The van der Waals surface area contributed by atoms with Gasteiger partial charge in [0.05, 0.1) is 6.61 Å². The van der Waals surface area contributed by atoms with Crippen LogP contribution in [0.2, 0.25) is 0 Å². The van der Waals surface area contributed by atoms with Crippen LogP contribution in [0.4, 0.5) is 0 Å². The predicted octanol–water partition coefficient (Wildman–Crippen LogP) is 1.05. The van der Waals surface area contributed by atoms with Crippen LogP contribution in [-0.2, 0) is 4.74 Å². The van der Waals surface area contributed by atoms with Crippen molar-refractivity contribution in [3.8, 4) is 0 Å². The summed E-state index contributed by atoms with van der Waals surface area (Å²) in [5.74, 6) is 0. The molecule has 2 nitrogen and oxygen atoms in total. The van der Waals surface area contributed by atoms with E-state index in [0.717, 1.165) is 26.3 Å². The van der Waals surface area contributed by atoms with Crippen LogP contribution < -0.4 is 5.32 Å². The average molecular weight is 154 g/mol. The molecule has 0 spiro atoms. The zero-order valence-corrected chi connectivity index (χ0v) is 6.96. The molecule has 0 unspecified atom stereocenters. The number of halogens is 1. The standard InChI is InChI=1S/C6H15NO.ClH/c1-3-7-5-6-8-4-2;/h7H,3-6H2,1-2H3;1H. The van der Waals surface area contributed by atoms with E-state index in [1.165, 1.54) is 0 Å². The van der Waals surface area contributed by atoms with Gasteiger partial charge < -0.3 is 10.1 Å². The second-order valence-corrected chi connectivity index (χ2v) is 1.55. The molecule has 0 aliphatic rings. The van der Waals surface area contributed by atoms with Crippen molar-refractivity contribution in [1.29, 1.82) is 0 Å². The first-order valence-electron chi connectivity index (χ1n) is 3.20. The molecule has 0 saturated heterocycles. The van der Waals surface area contributed by atoms with Gasteiger partial charge in [0, 0.05) is 13.2 Å². The summed E-state index contributed by atoms with van der Waals surface area (Å²) in [7, 11) is 0. The van der Waals surface area contributed by atoms with Gasteiger partial charge in [-0.1, -0.05) is 6.92 Å². The van der Waals surface area contributed by atoms with Gasteiger partial charge in [0.15, 0.2) is 0 Å². The topological polar surface area (TPSA) is 21.3 Å². The van der Waals surface area contributed by atoms with E-state index in [9.17, 15) is 0 Å². The molecule has 0 radical (unpaired) electrons. The highest BCUT2D eigenvalue weighted by Gasteiger charge is 1.80. The Morgan fingerprint density at radius 2 is 2.00 bits per heavy atom. The number of nitrogens with one attached hydrogen (secondary N) is 1. The lowest BCUT2D eigenvalue weighted by Crippen LogP contribution is -2.18. The highest BCUT2D eigenvalue weighted by atomic mass is 35.5. The van der Waals surface area contributed by atoms with Crippen molar-refractivity contribution in [2.75, 3.05) is 26.3 Å². The lowest BCUT2D eigenvalue weighted by Gasteiger charge is -1.99. The Labute approximate surface area is 63.4 Å². The van der Waals surface area contributed by atoms with E-state index >= 15 is 0 Å². The summed E-state index contributed by atoms with van der Waals surface area (Å²) in [6.45, 7) is 7.77. The van der Waals surface area contributed by atoms with Gasteiger partial charge >= 0.3 is 0 Å². The molecule has 0 aromatic carbocycles. The predicted molar refractivity (Wildman–Crippen MR) is 42.3 cm³/mol. The minimum atomic E-state index is 0. The number of ether oxygens (including phenoxy) is 1. The molecular formula is C6H16ClNO. The van der Waals surface area contributed by atoms with Crippen LogP contribution in [0.15, 0.2) is 0 Å². The van der Waals surface area contributed by atoms with Crippen LogP contribution >= 0.6 is 12.4 Å². The molecule has 0 fully saturated rings. The van der Waals surface area contributed by atoms with Crippen molar-refractivity contribution in [1.82, 2.24) is 5.32 Å². The Hall–Kier alpha value is 0.210. The molecule has 0 bridgehead atoms. The van der Waals surface area contributed by atoms with Crippen LogP contribution in [0.5, 0.6) is 0 Å². The van der Waals surface area contributed by atoms with E-state index in [0.29, 0.717) is 0 Å². The maximum Gasteiger partial charge on any atom is 0.0590 e. The van der Waals surface area contributed by atoms with Gasteiger partial charge in [-0.2, -0.15) is 0 Å². The van der Waals surface area contributed by atoms with Gasteiger partial charge in [-0.05, 0) is 13.5 Å². The summed E-state index contributed by atoms with van der Waals surface area (Å²) < 4.78 is 5.07. The first kappa shape index (κ1) is 11.9. The minimum Gasteiger partial charge on any atom is -0.380 e. The Bertz CT molecular complexity index is 38.0. The Kier molecular flexibility index (Phi) is 14.7. The van der Waals surface area contributed by atoms with E-state index in [-0.39, 0.29) is 12.4 Å². The third-order valence-corrected chi connectivity index (χ3v) is 0.877. The molecule has 1 N–H and O–H groups in total. The van der Waals surface area contributed by atoms with Crippen LogP contribution in [-0.4, -0.2) is 26.3 Å². The zero-order chi connectivity index (χ0) is 6.24. The van der Waals surface area contributed by atoms with Gasteiger partial charge in [0.1, 0.15) is 0 Å². The van der Waals surface area contributed by atoms with Crippen molar-refractivity contribution in [2.24, 2.45) is 0 Å². The van der Waals surface area contributed by atoms with Crippen molar-refractivity contribution in [2.45, 2.75) is 13.8 Å². The fourth-order valence-electron chi connectivity index (χ4n) is 0.465. The number of likely N-dealkylation sites (N-methyl/N-ethyl adjacent to an activating group) is 1. The normalized spacial score (nSPS) is 8.67. The Morgan fingerprint density at radius 3 is 2.44 bits per heavy atom. The van der Waals surface area contributed by atoms with E-state index < -0.39 is 0 Å². The van der Waals surface area contributed by atoms with Gasteiger partial charge in [-0.3, -0.25) is 0 Å². The van der Waals surface area contributed by atoms with Crippen molar-refractivity contribution >= 4 is 12.4 Å². The average Bonchev–Trinajstić information content (AvgIpc) is 1.81. The van der Waals surface area contributed by atoms with Gasteiger partial charge in [0.25, 0.3) is 0 Å². The highest BCUT2D eigenvalue weighted by molar-refractivity contribution is 5.85.